The molecule has 6 heteroatoms. The molecule has 21 heavy (non-hydrogen) atoms. The highest BCUT2D eigenvalue weighted by atomic mass is 32.2. The van der Waals surface area contributed by atoms with Crippen molar-refractivity contribution in [2.45, 2.75) is 31.8 Å². The van der Waals surface area contributed by atoms with Crippen LogP contribution in [0, 0.1) is 0 Å². The van der Waals surface area contributed by atoms with Crippen LogP contribution in [0.4, 0.5) is 0 Å². The minimum absolute atomic E-state index is 0.159. The molecule has 2 aliphatic heterocycles. The van der Waals surface area contributed by atoms with Gasteiger partial charge in [0, 0.05) is 12.1 Å². The molecule has 5 nitrogen and oxygen atoms in total. The van der Waals surface area contributed by atoms with Gasteiger partial charge in [0.05, 0.1) is 11.5 Å². The van der Waals surface area contributed by atoms with Crippen molar-refractivity contribution < 1.29 is 17.9 Å². The number of hydrogen-bond donors (Lipinski definition) is 1. The van der Waals surface area contributed by atoms with Gasteiger partial charge in [-0.15, -0.1) is 0 Å². The first-order chi connectivity index (χ1) is 10.0. The number of ether oxygens (including phenoxy) is 2. The first-order valence-corrected chi connectivity index (χ1v) is 9.22. The average molecular weight is 311 g/mol. The van der Waals surface area contributed by atoms with Gasteiger partial charge in [-0.05, 0) is 37.5 Å². The van der Waals surface area contributed by atoms with Gasteiger partial charge in [-0.2, -0.15) is 0 Å². The molecule has 1 saturated heterocycles. The van der Waals surface area contributed by atoms with Gasteiger partial charge in [-0.3, -0.25) is 0 Å². The molecule has 0 bridgehead atoms. The van der Waals surface area contributed by atoms with Crippen LogP contribution in [0.25, 0.3) is 0 Å². The van der Waals surface area contributed by atoms with E-state index in [2.05, 4.69) is 12.2 Å². The van der Waals surface area contributed by atoms with Crippen molar-refractivity contribution >= 4 is 9.84 Å². The average Bonchev–Trinajstić information content (AvgIpc) is 2.49. The maximum Gasteiger partial charge on any atom is 0.161 e. The first-order valence-electron chi connectivity index (χ1n) is 7.39. The van der Waals surface area contributed by atoms with Crippen LogP contribution in [-0.4, -0.2) is 39.2 Å². The fraction of sp³-hybridized carbons (Fsp3) is 0.600. The van der Waals surface area contributed by atoms with Crippen LogP contribution >= 0.6 is 0 Å². The third-order valence-electron chi connectivity index (χ3n) is 4.11. The van der Waals surface area contributed by atoms with E-state index in [1.165, 1.54) is 0 Å². The summed E-state index contributed by atoms with van der Waals surface area (Å²) < 4.78 is 34.0. The minimum atomic E-state index is -2.80. The van der Waals surface area contributed by atoms with Gasteiger partial charge >= 0.3 is 0 Å². The lowest BCUT2D eigenvalue weighted by molar-refractivity contribution is 0.171. The second kappa shape index (κ2) is 5.85. The quantitative estimate of drug-likeness (QED) is 0.920. The zero-order valence-electron chi connectivity index (χ0n) is 12.2. The predicted molar refractivity (Wildman–Crippen MR) is 80.7 cm³/mol. The summed E-state index contributed by atoms with van der Waals surface area (Å²) in [7, 11) is -2.80. The second-order valence-corrected chi connectivity index (χ2v) is 8.02. The fourth-order valence-corrected chi connectivity index (χ4v) is 4.33. The Morgan fingerprint density at radius 2 is 1.81 bits per heavy atom. The monoisotopic (exact) mass is 311 g/mol. The molecule has 1 unspecified atom stereocenters. The van der Waals surface area contributed by atoms with Crippen molar-refractivity contribution in [1.29, 1.82) is 0 Å². The summed E-state index contributed by atoms with van der Waals surface area (Å²) >= 11 is 0. The van der Waals surface area contributed by atoms with Crippen LogP contribution in [-0.2, 0) is 9.84 Å². The number of benzene rings is 1. The van der Waals surface area contributed by atoms with Crippen LogP contribution < -0.4 is 14.8 Å². The van der Waals surface area contributed by atoms with E-state index in [0.717, 1.165) is 17.1 Å². The van der Waals surface area contributed by atoms with E-state index < -0.39 is 9.84 Å². The van der Waals surface area contributed by atoms with E-state index in [1.807, 2.05) is 18.2 Å². The molecule has 0 spiro atoms. The summed E-state index contributed by atoms with van der Waals surface area (Å²) in [4.78, 5) is 0. The highest BCUT2D eigenvalue weighted by molar-refractivity contribution is 7.91. The Hall–Kier alpha value is -1.27. The van der Waals surface area contributed by atoms with Gasteiger partial charge in [0.1, 0.15) is 23.1 Å². The standard InChI is InChI=1S/C15H21NO4S/c1-11(16-13-4-8-21(17,18)9-5-13)12-2-3-14-15(10-12)20-7-6-19-14/h2-3,10-11,13,16H,4-9H2,1H3. The number of rotatable bonds is 3. The van der Waals surface area contributed by atoms with Gasteiger partial charge in [0.25, 0.3) is 0 Å². The highest BCUT2D eigenvalue weighted by Gasteiger charge is 2.25. The Morgan fingerprint density at radius 3 is 2.52 bits per heavy atom. The molecule has 0 radical (unpaired) electrons. The Bertz CT molecular complexity index is 600. The van der Waals surface area contributed by atoms with Crippen molar-refractivity contribution in [2.75, 3.05) is 24.7 Å². The molecule has 3 rings (SSSR count). The summed E-state index contributed by atoms with van der Waals surface area (Å²) in [6.07, 6.45) is 1.38. The van der Waals surface area contributed by atoms with Crippen LogP contribution in [0.5, 0.6) is 11.5 Å². The smallest absolute Gasteiger partial charge is 0.161 e. The van der Waals surface area contributed by atoms with Crippen LogP contribution in [0.3, 0.4) is 0 Å². The van der Waals surface area contributed by atoms with Crippen LogP contribution in [0.2, 0.25) is 0 Å². The summed E-state index contributed by atoms with van der Waals surface area (Å²) in [5.41, 5.74) is 1.13. The van der Waals surface area contributed by atoms with Crippen molar-refractivity contribution in [2.24, 2.45) is 0 Å². The molecule has 0 saturated carbocycles. The molecule has 1 fully saturated rings. The molecule has 1 N–H and O–H groups in total. The van der Waals surface area contributed by atoms with E-state index in [9.17, 15) is 8.42 Å². The Labute approximate surface area is 125 Å². The Morgan fingerprint density at radius 1 is 1.14 bits per heavy atom. The number of sulfone groups is 1. The normalized spacial score (nSPS) is 22.7. The van der Waals surface area contributed by atoms with Gasteiger partial charge in [0.2, 0.25) is 0 Å². The second-order valence-electron chi connectivity index (χ2n) is 5.72. The van der Waals surface area contributed by atoms with Crippen LogP contribution in [0.15, 0.2) is 18.2 Å². The van der Waals surface area contributed by atoms with Crippen molar-refractivity contribution in [3.63, 3.8) is 0 Å². The minimum Gasteiger partial charge on any atom is -0.486 e. The molecular weight excluding hydrogens is 290 g/mol. The molecule has 1 aromatic rings. The molecule has 1 atom stereocenters. The number of nitrogens with one attached hydrogen (secondary N) is 1. The molecule has 1 aromatic carbocycles. The Kier molecular flexibility index (Phi) is 4.08. The lowest BCUT2D eigenvalue weighted by atomic mass is 10.0. The van der Waals surface area contributed by atoms with E-state index in [1.54, 1.807) is 0 Å². The summed E-state index contributed by atoms with van der Waals surface area (Å²) in [6.45, 7) is 3.27. The fourth-order valence-electron chi connectivity index (χ4n) is 2.84. The molecule has 2 heterocycles. The van der Waals surface area contributed by atoms with Gasteiger partial charge in [-0.25, -0.2) is 8.42 Å². The molecule has 2 aliphatic rings. The molecule has 0 amide bonds. The lowest BCUT2D eigenvalue weighted by Crippen LogP contribution is -2.38. The third kappa shape index (κ3) is 3.49. The largest absolute Gasteiger partial charge is 0.486 e. The molecular formula is C15H21NO4S. The first kappa shape index (κ1) is 14.7. The van der Waals surface area contributed by atoms with Gasteiger partial charge < -0.3 is 14.8 Å². The topological polar surface area (TPSA) is 64.6 Å². The third-order valence-corrected chi connectivity index (χ3v) is 5.82. The summed E-state index contributed by atoms with van der Waals surface area (Å²) in [6, 6.07) is 6.40. The van der Waals surface area contributed by atoms with E-state index >= 15 is 0 Å². The molecule has 0 aromatic heterocycles. The zero-order chi connectivity index (χ0) is 14.9. The Balaban J connectivity index is 1.64. The number of hydrogen-bond acceptors (Lipinski definition) is 5. The van der Waals surface area contributed by atoms with Crippen molar-refractivity contribution in [1.82, 2.24) is 5.32 Å². The summed E-state index contributed by atoms with van der Waals surface area (Å²) in [5, 5.41) is 3.52. The lowest BCUT2D eigenvalue weighted by Gasteiger charge is -2.27. The van der Waals surface area contributed by atoms with E-state index in [0.29, 0.717) is 37.6 Å². The molecule has 116 valence electrons. The van der Waals surface area contributed by atoms with E-state index in [4.69, 9.17) is 9.47 Å². The summed E-state index contributed by atoms with van der Waals surface area (Å²) in [5.74, 6) is 2.16. The zero-order valence-corrected chi connectivity index (χ0v) is 13.0. The predicted octanol–water partition coefficient (Wildman–Crippen LogP) is 1.69. The van der Waals surface area contributed by atoms with Gasteiger partial charge in [-0.1, -0.05) is 6.07 Å². The van der Waals surface area contributed by atoms with Crippen molar-refractivity contribution in [3.8, 4) is 11.5 Å². The molecule has 0 aliphatic carbocycles. The van der Waals surface area contributed by atoms with Crippen LogP contribution in [0.1, 0.15) is 31.4 Å². The SMILES string of the molecule is CC(NC1CCS(=O)(=O)CC1)c1ccc2c(c1)OCCO2. The highest BCUT2D eigenvalue weighted by Crippen LogP contribution is 2.32. The van der Waals surface area contributed by atoms with Crippen molar-refractivity contribution in [3.05, 3.63) is 23.8 Å². The maximum absolute atomic E-state index is 11.5. The van der Waals surface area contributed by atoms with E-state index in [-0.39, 0.29) is 12.1 Å². The van der Waals surface area contributed by atoms with Gasteiger partial charge in [0.15, 0.2) is 11.5 Å². The maximum atomic E-state index is 11.5. The number of fused-ring (bicyclic) bond motifs is 1.